The highest BCUT2D eigenvalue weighted by Gasteiger charge is 2.22. The minimum atomic E-state index is 0. The average Bonchev–Trinajstić information content (AvgIpc) is 3.04. The fraction of sp³-hybridized carbons (Fsp3) is 0.333. The third kappa shape index (κ3) is 4.00. The second kappa shape index (κ2) is 7.94. The molecule has 0 saturated carbocycles. The van der Waals surface area contributed by atoms with Crippen molar-refractivity contribution in [2.45, 2.75) is 25.3 Å². The Morgan fingerprint density at radius 1 is 1.12 bits per heavy atom. The highest BCUT2D eigenvalue weighted by atomic mass is 35.5. The van der Waals surface area contributed by atoms with E-state index in [1.54, 1.807) is 7.11 Å². The molecular weight excluding hydrogens is 334 g/mol. The van der Waals surface area contributed by atoms with E-state index >= 15 is 0 Å². The maximum Gasteiger partial charge on any atom is 0.134 e. The van der Waals surface area contributed by atoms with Crippen LogP contribution >= 0.6 is 12.4 Å². The molecule has 0 radical (unpaired) electrons. The molecule has 1 saturated heterocycles. The van der Waals surface area contributed by atoms with Gasteiger partial charge in [-0.2, -0.15) is 0 Å². The first-order chi connectivity index (χ1) is 11.8. The van der Waals surface area contributed by atoms with Gasteiger partial charge in [-0.05, 0) is 55.1 Å². The summed E-state index contributed by atoms with van der Waals surface area (Å²) >= 11 is 0. The Morgan fingerprint density at radius 3 is 2.84 bits per heavy atom. The van der Waals surface area contributed by atoms with Crippen molar-refractivity contribution in [2.75, 3.05) is 20.2 Å². The molecule has 4 heteroatoms. The Kier molecular flexibility index (Phi) is 5.67. The molecule has 2 heterocycles. The Labute approximate surface area is 155 Å². The minimum absolute atomic E-state index is 0. The van der Waals surface area contributed by atoms with Crippen molar-refractivity contribution >= 4 is 23.4 Å². The molecule has 4 rings (SSSR count). The fourth-order valence-electron chi connectivity index (χ4n) is 3.70. The summed E-state index contributed by atoms with van der Waals surface area (Å²) in [6.07, 6.45) is 2.46. The van der Waals surface area contributed by atoms with Crippen LogP contribution in [0, 0.1) is 0 Å². The van der Waals surface area contributed by atoms with Crippen LogP contribution in [-0.4, -0.2) is 25.1 Å². The van der Waals surface area contributed by atoms with Gasteiger partial charge in [0.25, 0.3) is 0 Å². The number of halogens is 1. The molecule has 2 aromatic carbocycles. The predicted molar refractivity (Wildman–Crippen MR) is 104 cm³/mol. The van der Waals surface area contributed by atoms with E-state index in [1.807, 2.05) is 18.2 Å². The zero-order valence-corrected chi connectivity index (χ0v) is 15.3. The summed E-state index contributed by atoms with van der Waals surface area (Å²) in [5, 5.41) is 1.19. The summed E-state index contributed by atoms with van der Waals surface area (Å²) in [7, 11) is 1.73. The molecule has 0 amide bonds. The number of fused-ring (bicyclic) bond motifs is 1. The van der Waals surface area contributed by atoms with Crippen LogP contribution in [0.15, 0.2) is 59.0 Å². The first kappa shape index (κ1) is 17.8. The molecule has 1 aliphatic heterocycles. The minimum Gasteiger partial charge on any atom is -0.497 e. The molecule has 25 heavy (non-hydrogen) atoms. The van der Waals surface area contributed by atoms with Gasteiger partial charge in [0.15, 0.2) is 0 Å². The van der Waals surface area contributed by atoms with Gasteiger partial charge in [0.1, 0.15) is 17.1 Å². The van der Waals surface area contributed by atoms with Gasteiger partial charge in [-0.25, -0.2) is 0 Å². The molecule has 1 atom stereocenters. The van der Waals surface area contributed by atoms with Gasteiger partial charge < -0.3 is 9.15 Å². The third-order valence-electron chi connectivity index (χ3n) is 4.93. The number of benzene rings is 2. The van der Waals surface area contributed by atoms with E-state index in [4.69, 9.17) is 9.15 Å². The van der Waals surface area contributed by atoms with Crippen molar-refractivity contribution < 1.29 is 9.15 Å². The smallest absolute Gasteiger partial charge is 0.134 e. The zero-order valence-electron chi connectivity index (χ0n) is 14.5. The monoisotopic (exact) mass is 357 g/mol. The van der Waals surface area contributed by atoms with E-state index in [0.717, 1.165) is 36.7 Å². The van der Waals surface area contributed by atoms with Crippen LogP contribution in [0.2, 0.25) is 0 Å². The van der Waals surface area contributed by atoms with Crippen molar-refractivity contribution in [2.24, 2.45) is 0 Å². The lowest BCUT2D eigenvalue weighted by molar-refractivity contribution is 0.188. The van der Waals surface area contributed by atoms with Gasteiger partial charge in [-0.1, -0.05) is 30.3 Å². The van der Waals surface area contributed by atoms with Crippen LogP contribution < -0.4 is 4.74 Å². The molecule has 3 aromatic rings. The van der Waals surface area contributed by atoms with Crippen molar-refractivity contribution in [3.8, 4) is 5.75 Å². The standard InChI is InChI=1S/C21H23NO2.ClH/c1-23-19-9-4-7-16(12-19)18-8-5-11-22(14-18)15-20-13-17-6-2-3-10-21(17)24-20;/h2-4,6-7,9-10,12-13,18H,5,8,11,14-15H2,1H3;1H. The molecule has 0 aliphatic carbocycles. The van der Waals surface area contributed by atoms with E-state index < -0.39 is 0 Å². The maximum atomic E-state index is 5.99. The predicted octanol–water partition coefficient (Wildman–Crippen LogP) is 5.24. The summed E-state index contributed by atoms with van der Waals surface area (Å²) in [4.78, 5) is 2.51. The molecule has 1 fully saturated rings. The molecule has 0 spiro atoms. The molecule has 1 aliphatic rings. The van der Waals surface area contributed by atoms with E-state index in [0.29, 0.717) is 5.92 Å². The lowest BCUT2D eigenvalue weighted by Gasteiger charge is -2.32. The second-order valence-corrected chi connectivity index (χ2v) is 6.60. The maximum absolute atomic E-state index is 5.99. The Morgan fingerprint density at radius 2 is 2.00 bits per heavy atom. The lowest BCUT2D eigenvalue weighted by Crippen LogP contribution is -2.33. The van der Waals surface area contributed by atoms with Gasteiger partial charge >= 0.3 is 0 Å². The number of likely N-dealkylation sites (tertiary alicyclic amines) is 1. The van der Waals surface area contributed by atoms with Gasteiger partial charge in [0.05, 0.1) is 13.7 Å². The number of para-hydroxylation sites is 1. The van der Waals surface area contributed by atoms with Gasteiger partial charge in [-0.15, -0.1) is 12.4 Å². The summed E-state index contributed by atoms with van der Waals surface area (Å²) in [5.41, 5.74) is 2.36. The molecule has 1 unspecified atom stereocenters. The topological polar surface area (TPSA) is 25.6 Å². The van der Waals surface area contributed by atoms with Gasteiger partial charge in [0, 0.05) is 11.9 Å². The number of hydrogen-bond donors (Lipinski definition) is 0. The Hall–Kier alpha value is -1.97. The molecule has 1 aromatic heterocycles. The van der Waals surface area contributed by atoms with Crippen LogP contribution in [0.25, 0.3) is 11.0 Å². The summed E-state index contributed by atoms with van der Waals surface area (Å²) in [6.45, 7) is 3.09. The Bertz CT molecular complexity index is 796. The van der Waals surface area contributed by atoms with E-state index in [-0.39, 0.29) is 12.4 Å². The molecule has 0 N–H and O–H groups in total. The molecular formula is C21H24ClNO2. The van der Waals surface area contributed by atoms with Crippen LogP contribution in [0.3, 0.4) is 0 Å². The van der Waals surface area contributed by atoms with Crippen LogP contribution in [0.4, 0.5) is 0 Å². The number of nitrogens with zero attached hydrogens (tertiary/aromatic N) is 1. The van der Waals surface area contributed by atoms with Crippen molar-refractivity contribution in [1.29, 1.82) is 0 Å². The molecule has 0 bridgehead atoms. The lowest BCUT2D eigenvalue weighted by atomic mass is 9.90. The van der Waals surface area contributed by atoms with Crippen LogP contribution in [0.1, 0.15) is 30.1 Å². The van der Waals surface area contributed by atoms with Crippen molar-refractivity contribution in [3.63, 3.8) is 0 Å². The first-order valence-electron chi connectivity index (χ1n) is 8.65. The summed E-state index contributed by atoms with van der Waals surface area (Å²) < 4.78 is 11.4. The highest BCUT2D eigenvalue weighted by Crippen LogP contribution is 2.30. The highest BCUT2D eigenvalue weighted by molar-refractivity contribution is 5.85. The van der Waals surface area contributed by atoms with E-state index in [1.165, 1.54) is 23.8 Å². The number of rotatable bonds is 4. The van der Waals surface area contributed by atoms with E-state index in [2.05, 4.69) is 41.3 Å². The van der Waals surface area contributed by atoms with Crippen LogP contribution in [0.5, 0.6) is 5.75 Å². The number of hydrogen-bond acceptors (Lipinski definition) is 3. The van der Waals surface area contributed by atoms with Gasteiger partial charge in [0.2, 0.25) is 0 Å². The number of methoxy groups -OCH3 is 1. The van der Waals surface area contributed by atoms with Crippen molar-refractivity contribution in [1.82, 2.24) is 4.90 Å². The summed E-state index contributed by atoms with van der Waals surface area (Å²) in [6, 6.07) is 18.9. The normalized spacial score (nSPS) is 18.0. The number of piperidine rings is 1. The number of ether oxygens (including phenoxy) is 1. The third-order valence-corrected chi connectivity index (χ3v) is 4.93. The second-order valence-electron chi connectivity index (χ2n) is 6.60. The van der Waals surface area contributed by atoms with Crippen LogP contribution in [-0.2, 0) is 6.54 Å². The Balaban J connectivity index is 0.00000182. The van der Waals surface area contributed by atoms with Crippen molar-refractivity contribution in [3.05, 3.63) is 65.9 Å². The van der Waals surface area contributed by atoms with Gasteiger partial charge in [-0.3, -0.25) is 4.90 Å². The fourth-order valence-corrected chi connectivity index (χ4v) is 3.70. The molecule has 3 nitrogen and oxygen atoms in total. The van der Waals surface area contributed by atoms with E-state index in [9.17, 15) is 0 Å². The SMILES string of the molecule is COc1cccc(C2CCCN(Cc3cc4ccccc4o3)C2)c1.Cl. The number of furan rings is 1. The zero-order chi connectivity index (χ0) is 16.4. The quantitative estimate of drug-likeness (QED) is 0.638. The molecule has 132 valence electrons. The largest absolute Gasteiger partial charge is 0.497 e. The first-order valence-corrected chi connectivity index (χ1v) is 8.65. The summed E-state index contributed by atoms with van der Waals surface area (Å²) in [5.74, 6) is 2.57. The average molecular weight is 358 g/mol.